The molecule has 1 aromatic carbocycles. The second-order valence-electron chi connectivity index (χ2n) is 8.55. The van der Waals surface area contributed by atoms with E-state index >= 15 is 0 Å². The van der Waals surface area contributed by atoms with Gasteiger partial charge in [0.2, 0.25) is 10.0 Å². The normalized spacial score (nSPS) is 23.8. The summed E-state index contributed by atoms with van der Waals surface area (Å²) >= 11 is 0. The average molecular weight is 421 g/mol. The van der Waals surface area contributed by atoms with Crippen molar-refractivity contribution in [2.45, 2.75) is 56.0 Å². The van der Waals surface area contributed by atoms with Crippen molar-refractivity contribution < 1.29 is 13.2 Å². The number of hydrogen-bond acceptors (Lipinski definition) is 4. The minimum absolute atomic E-state index is 0.167. The van der Waals surface area contributed by atoms with Gasteiger partial charge in [0.05, 0.1) is 4.90 Å². The van der Waals surface area contributed by atoms with Gasteiger partial charge in [0.1, 0.15) is 0 Å². The van der Waals surface area contributed by atoms with E-state index in [1.54, 1.807) is 28.6 Å². The van der Waals surface area contributed by atoms with Gasteiger partial charge in [0, 0.05) is 38.8 Å². The number of nitrogens with one attached hydrogen (secondary N) is 2. The molecule has 160 valence electrons. The molecule has 8 heteroatoms. The number of amides is 2. The van der Waals surface area contributed by atoms with Crippen molar-refractivity contribution in [3.8, 4) is 0 Å². The van der Waals surface area contributed by atoms with E-state index in [0.29, 0.717) is 37.0 Å². The number of hydrogen-bond donors (Lipinski definition) is 2. The van der Waals surface area contributed by atoms with E-state index in [9.17, 15) is 13.2 Å². The Morgan fingerprint density at radius 3 is 2.38 bits per heavy atom. The van der Waals surface area contributed by atoms with Crippen molar-refractivity contribution in [1.82, 2.24) is 19.8 Å². The standard InChI is InChI=1S/C21H32N4O3S/c26-21(23-15-18-10-13-24(16-18)19-6-7-19)22-14-17-4-8-20(9-5-17)29(27,28)25-11-2-1-3-12-25/h4-5,8-9,18-19H,1-3,6-7,10-16H2,(H2,22,23,26). The third kappa shape index (κ3) is 5.29. The van der Waals surface area contributed by atoms with Gasteiger partial charge >= 0.3 is 6.03 Å². The first-order valence-corrected chi connectivity index (χ1v) is 12.3. The second kappa shape index (κ2) is 9.02. The molecular formula is C21H32N4O3S. The van der Waals surface area contributed by atoms with E-state index < -0.39 is 10.0 Å². The van der Waals surface area contributed by atoms with Gasteiger partial charge in [-0.1, -0.05) is 18.6 Å². The van der Waals surface area contributed by atoms with E-state index in [2.05, 4.69) is 15.5 Å². The summed E-state index contributed by atoms with van der Waals surface area (Å²) in [6.45, 7) is 4.55. The minimum atomic E-state index is -3.40. The lowest BCUT2D eigenvalue weighted by molar-refractivity contribution is 0.238. The molecular weight excluding hydrogens is 388 g/mol. The molecule has 3 aliphatic rings. The van der Waals surface area contributed by atoms with Crippen LogP contribution in [0.2, 0.25) is 0 Å². The topological polar surface area (TPSA) is 81.8 Å². The maximum Gasteiger partial charge on any atom is 0.315 e. The molecule has 4 rings (SSSR count). The van der Waals surface area contributed by atoms with Crippen LogP contribution in [0.3, 0.4) is 0 Å². The molecule has 3 fully saturated rings. The molecule has 7 nitrogen and oxygen atoms in total. The zero-order chi connectivity index (χ0) is 20.3. The summed E-state index contributed by atoms with van der Waals surface area (Å²) in [6.07, 6.45) is 6.77. The van der Waals surface area contributed by atoms with Gasteiger partial charge in [0.25, 0.3) is 0 Å². The highest BCUT2D eigenvalue weighted by Gasteiger charge is 2.34. The summed E-state index contributed by atoms with van der Waals surface area (Å²) in [7, 11) is -3.40. The van der Waals surface area contributed by atoms with Gasteiger partial charge in [-0.3, -0.25) is 0 Å². The number of benzene rings is 1. The van der Waals surface area contributed by atoms with Crippen molar-refractivity contribution in [2.75, 3.05) is 32.7 Å². The highest BCUT2D eigenvalue weighted by atomic mass is 32.2. The van der Waals surface area contributed by atoms with Gasteiger partial charge in [0.15, 0.2) is 0 Å². The molecule has 0 aromatic heterocycles. The Hall–Kier alpha value is -1.64. The van der Waals surface area contributed by atoms with E-state index in [1.165, 1.54) is 12.8 Å². The maximum atomic E-state index is 12.7. The van der Waals surface area contributed by atoms with Crippen molar-refractivity contribution in [3.63, 3.8) is 0 Å². The summed E-state index contributed by atoms with van der Waals surface area (Å²) in [4.78, 5) is 15.0. The number of rotatable bonds is 7. The van der Waals surface area contributed by atoms with Crippen LogP contribution in [-0.4, -0.2) is 62.4 Å². The van der Waals surface area contributed by atoms with E-state index in [0.717, 1.165) is 50.4 Å². The predicted octanol–water partition coefficient (Wildman–Crippen LogP) is 2.14. The lowest BCUT2D eigenvalue weighted by atomic mass is 10.1. The van der Waals surface area contributed by atoms with Crippen LogP contribution in [0.5, 0.6) is 0 Å². The van der Waals surface area contributed by atoms with Crippen LogP contribution in [0, 0.1) is 5.92 Å². The number of piperidine rings is 1. The molecule has 1 unspecified atom stereocenters. The van der Waals surface area contributed by atoms with Gasteiger partial charge in [-0.2, -0.15) is 4.31 Å². The lowest BCUT2D eigenvalue weighted by Gasteiger charge is -2.25. The van der Waals surface area contributed by atoms with Gasteiger partial charge in [-0.25, -0.2) is 13.2 Å². The molecule has 2 amide bonds. The van der Waals surface area contributed by atoms with Gasteiger partial charge in [-0.15, -0.1) is 0 Å². The summed E-state index contributed by atoms with van der Waals surface area (Å²) in [5, 5.41) is 5.84. The summed E-state index contributed by atoms with van der Waals surface area (Å²) in [5.74, 6) is 0.542. The first-order valence-electron chi connectivity index (χ1n) is 10.9. The Balaban J connectivity index is 1.21. The predicted molar refractivity (Wildman–Crippen MR) is 112 cm³/mol. The van der Waals surface area contributed by atoms with Crippen molar-refractivity contribution in [2.24, 2.45) is 5.92 Å². The number of nitrogens with zero attached hydrogens (tertiary/aromatic N) is 2. The largest absolute Gasteiger partial charge is 0.338 e. The quantitative estimate of drug-likeness (QED) is 0.708. The molecule has 29 heavy (non-hydrogen) atoms. The fourth-order valence-electron chi connectivity index (χ4n) is 4.32. The number of sulfonamides is 1. The molecule has 2 saturated heterocycles. The molecule has 2 N–H and O–H groups in total. The molecule has 0 bridgehead atoms. The number of carbonyl (C=O) groups is 1. The van der Waals surface area contributed by atoms with E-state index in [1.807, 2.05) is 0 Å². The SMILES string of the molecule is O=C(NCc1ccc(S(=O)(=O)N2CCCCC2)cc1)NCC1CCN(C2CC2)C1. The van der Waals surface area contributed by atoms with E-state index in [4.69, 9.17) is 0 Å². The van der Waals surface area contributed by atoms with Crippen LogP contribution in [0.25, 0.3) is 0 Å². The highest BCUT2D eigenvalue weighted by Crippen LogP contribution is 2.31. The fourth-order valence-corrected chi connectivity index (χ4v) is 5.83. The molecule has 2 aliphatic heterocycles. The third-order valence-electron chi connectivity index (χ3n) is 6.26. The molecule has 2 heterocycles. The summed E-state index contributed by atoms with van der Waals surface area (Å²) in [5.41, 5.74) is 0.888. The molecule has 0 spiro atoms. The highest BCUT2D eigenvalue weighted by molar-refractivity contribution is 7.89. The van der Waals surface area contributed by atoms with E-state index in [-0.39, 0.29) is 6.03 Å². The molecule has 1 aromatic rings. The van der Waals surface area contributed by atoms with Crippen LogP contribution in [0.1, 0.15) is 44.1 Å². The number of carbonyl (C=O) groups excluding carboxylic acids is 1. The molecule has 0 radical (unpaired) electrons. The Morgan fingerprint density at radius 1 is 0.966 bits per heavy atom. The monoisotopic (exact) mass is 420 g/mol. The van der Waals surface area contributed by atoms with Crippen LogP contribution in [0.15, 0.2) is 29.2 Å². The molecule has 1 aliphatic carbocycles. The lowest BCUT2D eigenvalue weighted by Crippen LogP contribution is -2.38. The molecule has 1 atom stereocenters. The third-order valence-corrected chi connectivity index (χ3v) is 8.17. The minimum Gasteiger partial charge on any atom is -0.338 e. The zero-order valence-corrected chi connectivity index (χ0v) is 17.8. The van der Waals surface area contributed by atoms with Crippen molar-refractivity contribution >= 4 is 16.1 Å². The van der Waals surface area contributed by atoms with Crippen LogP contribution in [-0.2, 0) is 16.6 Å². The van der Waals surface area contributed by atoms with Gasteiger partial charge < -0.3 is 15.5 Å². The van der Waals surface area contributed by atoms with Gasteiger partial charge in [-0.05, 0) is 62.3 Å². The summed E-state index contributed by atoms with van der Waals surface area (Å²) < 4.78 is 26.9. The second-order valence-corrected chi connectivity index (χ2v) is 10.5. The Labute approximate surface area is 173 Å². The smallest absolute Gasteiger partial charge is 0.315 e. The summed E-state index contributed by atoms with van der Waals surface area (Å²) in [6, 6.07) is 7.48. The Bertz CT molecular complexity index is 802. The first kappa shape index (κ1) is 20.6. The zero-order valence-electron chi connectivity index (χ0n) is 17.0. The van der Waals surface area contributed by atoms with Crippen LogP contribution < -0.4 is 10.6 Å². The molecule has 1 saturated carbocycles. The number of likely N-dealkylation sites (tertiary alicyclic amines) is 1. The first-order chi connectivity index (χ1) is 14.0. The fraction of sp³-hybridized carbons (Fsp3) is 0.667. The maximum absolute atomic E-state index is 12.7. The van der Waals surface area contributed by atoms with Crippen molar-refractivity contribution in [3.05, 3.63) is 29.8 Å². The van der Waals surface area contributed by atoms with Crippen LogP contribution >= 0.6 is 0 Å². The Kier molecular flexibility index (Phi) is 6.41. The average Bonchev–Trinajstić information content (AvgIpc) is 3.49. The van der Waals surface area contributed by atoms with Crippen molar-refractivity contribution in [1.29, 1.82) is 0 Å². The number of urea groups is 1. The Morgan fingerprint density at radius 2 is 1.69 bits per heavy atom. The van der Waals surface area contributed by atoms with Crippen LogP contribution in [0.4, 0.5) is 4.79 Å².